The number of amides is 1. The van der Waals surface area contributed by atoms with Gasteiger partial charge in [0, 0.05) is 18.8 Å². The summed E-state index contributed by atoms with van der Waals surface area (Å²) >= 11 is 0. The molecule has 1 aliphatic rings. The quantitative estimate of drug-likeness (QED) is 0.674. The van der Waals surface area contributed by atoms with Gasteiger partial charge in [0.25, 0.3) is 5.91 Å². The molecule has 1 atom stereocenters. The summed E-state index contributed by atoms with van der Waals surface area (Å²) < 4.78 is 5.26. The summed E-state index contributed by atoms with van der Waals surface area (Å²) in [4.78, 5) is 25.9. The molecule has 1 heterocycles. The fourth-order valence-electron chi connectivity index (χ4n) is 2.38. The van der Waals surface area contributed by atoms with E-state index < -0.39 is 12.1 Å². The molecule has 0 saturated carbocycles. The minimum absolute atomic E-state index is 0.121. The van der Waals surface area contributed by atoms with E-state index in [2.05, 4.69) is 0 Å². The number of ether oxygens (including phenoxy) is 1. The Kier molecular flexibility index (Phi) is 4.27. The predicted molar refractivity (Wildman–Crippen MR) is 76.3 cm³/mol. The van der Waals surface area contributed by atoms with Crippen molar-refractivity contribution in [2.45, 2.75) is 32.8 Å². The van der Waals surface area contributed by atoms with Gasteiger partial charge in [-0.25, -0.2) is 4.79 Å². The molecule has 2 N–H and O–H groups in total. The number of carbonyl (C=O) groups excluding carboxylic acids is 2. The maximum atomic E-state index is 12.1. The molecular formula is C15H20N2O3. The molecule has 0 radical (unpaired) electrons. The molecule has 108 valence electrons. The smallest absolute Gasteiger partial charge is 0.339 e. The summed E-state index contributed by atoms with van der Waals surface area (Å²) in [5.41, 5.74) is 7.44. The number of rotatable bonds is 3. The lowest BCUT2D eigenvalue weighted by atomic mass is 10.1. The molecule has 20 heavy (non-hydrogen) atoms. The molecular weight excluding hydrogens is 256 g/mol. The zero-order chi connectivity index (χ0) is 14.7. The number of esters is 1. The van der Waals surface area contributed by atoms with E-state index in [0.29, 0.717) is 11.3 Å². The van der Waals surface area contributed by atoms with Crippen LogP contribution < -0.4 is 5.73 Å². The highest BCUT2D eigenvalue weighted by Gasteiger charge is 2.26. The Bertz CT molecular complexity index is 522. The molecule has 5 nitrogen and oxygen atoms in total. The average molecular weight is 276 g/mol. The standard InChI is InChI=1S/C15H20N2O3/c1-10-9-12(16)5-6-13(10)15(19)20-11(2)14(18)17-7-3-4-8-17/h5-6,9,11H,3-4,7-8,16H2,1-2H3. The van der Waals surface area contributed by atoms with Crippen molar-refractivity contribution in [1.29, 1.82) is 0 Å². The summed E-state index contributed by atoms with van der Waals surface area (Å²) in [5.74, 6) is -0.605. The van der Waals surface area contributed by atoms with Crippen molar-refractivity contribution in [3.8, 4) is 0 Å². The molecule has 0 aromatic heterocycles. The summed E-state index contributed by atoms with van der Waals surface area (Å²) in [6, 6.07) is 4.99. The molecule has 5 heteroatoms. The van der Waals surface area contributed by atoms with E-state index in [0.717, 1.165) is 31.5 Å². The van der Waals surface area contributed by atoms with Crippen molar-refractivity contribution in [2.75, 3.05) is 18.8 Å². The van der Waals surface area contributed by atoms with E-state index in [1.807, 2.05) is 0 Å². The highest BCUT2D eigenvalue weighted by atomic mass is 16.5. The monoisotopic (exact) mass is 276 g/mol. The third kappa shape index (κ3) is 3.10. The summed E-state index contributed by atoms with van der Waals surface area (Å²) in [6.07, 6.45) is 1.28. The van der Waals surface area contributed by atoms with E-state index >= 15 is 0 Å². The predicted octanol–water partition coefficient (Wildman–Crippen LogP) is 1.74. The van der Waals surface area contributed by atoms with Crippen molar-refractivity contribution in [3.63, 3.8) is 0 Å². The normalized spacial score (nSPS) is 16.0. The van der Waals surface area contributed by atoms with Gasteiger partial charge in [-0.3, -0.25) is 4.79 Å². The Hall–Kier alpha value is -2.04. The molecule has 2 rings (SSSR count). The van der Waals surface area contributed by atoms with Crippen molar-refractivity contribution in [1.82, 2.24) is 4.90 Å². The van der Waals surface area contributed by atoms with Crippen LogP contribution in [0, 0.1) is 6.92 Å². The number of benzene rings is 1. The topological polar surface area (TPSA) is 72.6 Å². The number of nitrogen functional groups attached to an aromatic ring is 1. The SMILES string of the molecule is Cc1cc(N)ccc1C(=O)OC(C)C(=O)N1CCCC1. The molecule has 1 saturated heterocycles. The first-order valence-electron chi connectivity index (χ1n) is 6.85. The van der Waals surface area contributed by atoms with E-state index in [1.54, 1.807) is 36.9 Å². The summed E-state index contributed by atoms with van der Waals surface area (Å²) in [7, 11) is 0. The second-order valence-electron chi connectivity index (χ2n) is 5.15. The molecule has 1 amide bonds. The van der Waals surface area contributed by atoms with Gasteiger partial charge in [-0.05, 0) is 50.5 Å². The molecule has 0 spiro atoms. The number of aryl methyl sites for hydroxylation is 1. The van der Waals surface area contributed by atoms with Gasteiger partial charge in [-0.1, -0.05) is 0 Å². The first-order chi connectivity index (χ1) is 9.49. The third-order valence-electron chi connectivity index (χ3n) is 3.52. The van der Waals surface area contributed by atoms with E-state index in [9.17, 15) is 9.59 Å². The number of hydrogen-bond acceptors (Lipinski definition) is 4. The largest absolute Gasteiger partial charge is 0.449 e. The lowest BCUT2D eigenvalue weighted by molar-refractivity contribution is -0.138. The lowest BCUT2D eigenvalue weighted by Gasteiger charge is -2.20. The third-order valence-corrected chi connectivity index (χ3v) is 3.52. The number of nitrogens with two attached hydrogens (primary N) is 1. The number of likely N-dealkylation sites (tertiary alicyclic amines) is 1. The van der Waals surface area contributed by atoms with Gasteiger partial charge in [0.1, 0.15) is 0 Å². The fraction of sp³-hybridized carbons (Fsp3) is 0.467. The fourth-order valence-corrected chi connectivity index (χ4v) is 2.38. The van der Waals surface area contributed by atoms with Gasteiger partial charge in [-0.15, -0.1) is 0 Å². The van der Waals surface area contributed by atoms with Crippen LogP contribution in [-0.4, -0.2) is 36.0 Å². The minimum atomic E-state index is -0.752. The van der Waals surface area contributed by atoms with Crippen LogP contribution in [0.2, 0.25) is 0 Å². The highest BCUT2D eigenvalue weighted by molar-refractivity contribution is 5.93. The number of anilines is 1. The van der Waals surface area contributed by atoms with Gasteiger partial charge < -0.3 is 15.4 Å². The molecule has 1 fully saturated rings. The Morgan fingerprint density at radius 2 is 1.95 bits per heavy atom. The van der Waals surface area contributed by atoms with Crippen LogP contribution in [0.4, 0.5) is 5.69 Å². The Labute approximate surface area is 118 Å². The van der Waals surface area contributed by atoms with Crippen LogP contribution in [0.25, 0.3) is 0 Å². The maximum Gasteiger partial charge on any atom is 0.339 e. The molecule has 0 bridgehead atoms. The van der Waals surface area contributed by atoms with E-state index in [4.69, 9.17) is 10.5 Å². The second-order valence-corrected chi connectivity index (χ2v) is 5.15. The van der Waals surface area contributed by atoms with Crippen molar-refractivity contribution >= 4 is 17.6 Å². The number of carbonyl (C=O) groups is 2. The van der Waals surface area contributed by atoms with Crippen LogP contribution in [0.15, 0.2) is 18.2 Å². The van der Waals surface area contributed by atoms with Gasteiger partial charge >= 0.3 is 5.97 Å². The molecule has 1 unspecified atom stereocenters. The first kappa shape index (κ1) is 14.4. The molecule has 0 aliphatic carbocycles. The van der Waals surface area contributed by atoms with Crippen LogP contribution in [0.1, 0.15) is 35.7 Å². The van der Waals surface area contributed by atoms with Gasteiger partial charge in [0.2, 0.25) is 0 Å². The number of nitrogens with zero attached hydrogens (tertiary/aromatic N) is 1. The Morgan fingerprint density at radius 3 is 2.55 bits per heavy atom. The van der Waals surface area contributed by atoms with Crippen molar-refractivity contribution in [2.24, 2.45) is 0 Å². The first-order valence-corrected chi connectivity index (χ1v) is 6.85. The second kappa shape index (κ2) is 5.94. The van der Waals surface area contributed by atoms with Crippen LogP contribution >= 0.6 is 0 Å². The molecule has 1 aliphatic heterocycles. The van der Waals surface area contributed by atoms with Crippen LogP contribution in [0.3, 0.4) is 0 Å². The zero-order valence-electron chi connectivity index (χ0n) is 11.9. The van der Waals surface area contributed by atoms with Crippen LogP contribution in [-0.2, 0) is 9.53 Å². The molecule has 1 aromatic carbocycles. The van der Waals surface area contributed by atoms with Crippen LogP contribution in [0.5, 0.6) is 0 Å². The van der Waals surface area contributed by atoms with Gasteiger partial charge in [0.15, 0.2) is 6.10 Å². The van der Waals surface area contributed by atoms with Gasteiger partial charge in [0.05, 0.1) is 5.56 Å². The summed E-state index contributed by atoms with van der Waals surface area (Å²) in [5, 5.41) is 0. The minimum Gasteiger partial charge on any atom is -0.449 e. The number of hydrogen-bond donors (Lipinski definition) is 1. The van der Waals surface area contributed by atoms with Crippen molar-refractivity contribution < 1.29 is 14.3 Å². The Morgan fingerprint density at radius 1 is 1.30 bits per heavy atom. The maximum absolute atomic E-state index is 12.1. The van der Waals surface area contributed by atoms with Gasteiger partial charge in [-0.2, -0.15) is 0 Å². The zero-order valence-corrected chi connectivity index (χ0v) is 11.9. The Balaban J connectivity index is 2.01. The van der Waals surface area contributed by atoms with E-state index in [-0.39, 0.29) is 5.91 Å². The highest BCUT2D eigenvalue weighted by Crippen LogP contribution is 2.16. The molecule has 1 aromatic rings. The lowest BCUT2D eigenvalue weighted by Crippen LogP contribution is -2.38. The average Bonchev–Trinajstić information content (AvgIpc) is 2.91. The van der Waals surface area contributed by atoms with E-state index in [1.165, 1.54) is 0 Å². The summed E-state index contributed by atoms with van der Waals surface area (Å²) in [6.45, 7) is 4.91. The van der Waals surface area contributed by atoms with Crippen molar-refractivity contribution in [3.05, 3.63) is 29.3 Å².